The molecule has 1 aromatic carbocycles. The third-order valence-electron chi connectivity index (χ3n) is 2.41. The number of aliphatic hydroxyl groups excluding tert-OH is 1. The minimum Gasteiger partial charge on any atom is -0.478 e. The number of carboxylic acid groups (broad SMARTS) is 1. The Bertz CT molecular complexity index is 458. The molecule has 1 aromatic rings. The van der Waals surface area contributed by atoms with Gasteiger partial charge in [0.05, 0.1) is 44.2 Å². The summed E-state index contributed by atoms with van der Waals surface area (Å²) in [5.41, 5.74) is 0.211. The first-order chi connectivity index (χ1) is 10.1. The van der Waals surface area contributed by atoms with Gasteiger partial charge < -0.3 is 24.4 Å². The number of rotatable bonds is 10. The lowest BCUT2D eigenvalue weighted by atomic mass is 10.1. The summed E-state index contributed by atoms with van der Waals surface area (Å²) in [7, 11) is 0. The Kier molecular flexibility index (Phi) is 8.03. The van der Waals surface area contributed by atoms with Crippen molar-refractivity contribution in [1.29, 1.82) is 0 Å². The van der Waals surface area contributed by atoms with Crippen LogP contribution in [0.2, 0.25) is 0 Å². The van der Waals surface area contributed by atoms with Crippen LogP contribution in [0.25, 0.3) is 0 Å². The Balaban J connectivity index is 2.22. The molecule has 0 amide bonds. The summed E-state index contributed by atoms with van der Waals surface area (Å²) in [6, 6.07) is 5.62. The number of carbonyl (C=O) groups is 2. The summed E-state index contributed by atoms with van der Waals surface area (Å²) >= 11 is 0. The van der Waals surface area contributed by atoms with Crippen LogP contribution in [0.4, 0.5) is 0 Å². The third-order valence-corrected chi connectivity index (χ3v) is 2.41. The summed E-state index contributed by atoms with van der Waals surface area (Å²) in [5.74, 6) is -1.70. The molecule has 7 heteroatoms. The molecule has 0 aliphatic rings. The maximum atomic E-state index is 11.7. The first-order valence-corrected chi connectivity index (χ1v) is 6.42. The molecule has 0 aliphatic heterocycles. The van der Waals surface area contributed by atoms with Gasteiger partial charge in [-0.05, 0) is 18.2 Å². The van der Waals surface area contributed by atoms with Crippen LogP contribution in [-0.4, -0.2) is 61.8 Å². The molecule has 0 bridgehead atoms. The van der Waals surface area contributed by atoms with Gasteiger partial charge in [0.2, 0.25) is 0 Å². The van der Waals surface area contributed by atoms with Crippen LogP contribution in [0.1, 0.15) is 20.7 Å². The van der Waals surface area contributed by atoms with Gasteiger partial charge in [0.25, 0.3) is 0 Å². The van der Waals surface area contributed by atoms with E-state index in [2.05, 4.69) is 0 Å². The number of ether oxygens (including phenoxy) is 3. The number of carbonyl (C=O) groups excluding carboxylic acids is 1. The van der Waals surface area contributed by atoms with Crippen molar-refractivity contribution < 1.29 is 34.0 Å². The Hall–Kier alpha value is -1.96. The predicted molar refractivity (Wildman–Crippen MR) is 72.4 cm³/mol. The molecule has 0 saturated carbocycles. The predicted octanol–water partition coefficient (Wildman–Crippen LogP) is 0.567. The number of hydrogen-bond donors (Lipinski definition) is 2. The van der Waals surface area contributed by atoms with Crippen molar-refractivity contribution in [2.75, 3.05) is 39.6 Å². The van der Waals surface area contributed by atoms with Gasteiger partial charge in [-0.2, -0.15) is 0 Å². The first kappa shape index (κ1) is 17.1. The number of esters is 1. The Morgan fingerprint density at radius 1 is 0.952 bits per heavy atom. The molecule has 0 unspecified atom stereocenters. The van der Waals surface area contributed by atoms with E-state index >= 15 is 0 Å². The minimum absolute atomic E-state index is 0.0294. The molecule has 0 aliphatic carbocycles. The summed E-state index contributed by atoms with van der Waals surface area (Å²) in [6.45, 7) is 1.20. The highest BCUT2D eigenvalue weighted by molar-refractivity contribution is 5.94. The third kappa shape index (κ3) is 6.84. The van der Waals surface area contributed by atoms with Gasteiger partial charge in [-0.15, -0.1) is 0 Å². The van der Waals surface area contributed by atoms with Crippen molar-refractivity contribution in [2.24, 2.45) is 0 Å². The maximum absolute atomic E-state index is 11.7. The van der Waals surface area contributed by atoms with Crippen LogP contribution in [0, 0.1) is 0 Å². The van der Waals surface area contributed by atoms with Crippen molar-refractivity contribution in [2.45, 2.75) is 0 Å². The summed E-state index contributed by atoms with van der Waals surface area (Å²) in [4.78, 5) is 22.5. The molecule has 2 N–H and O–H groups in total. The normalized spacial score (nSPS) is 10.3. The lowest BCUT2D eigenvalue weighted by molar-refractivity contribution is 0.00920. The second kappa shape index (κ2) is 9.87. The van der Waals surface area contributed by atoms with E-state index in [1.807, 2.05) is 0 Å². The maximum Gasteiger partial charge on any atom is 0.338 e. The lowest BCUT2D eigenvalue weighted by Crippen LogP contribution is -2.14. The summed E-state index contributed by atoms with van der Waals surface area (Å²) < 4.78 is 15.1. The number of aliphatic hydroxyl groups is 1. The van der Waals surface area contributed by atoms with Gasteiger partial charge >= 0.3 is 11.9 Å². The van der Waals surface area contributed by atoms with Crippen molar-refractivity contribution in [3.63, 3.8) is 0 Å². The lowest BCUT2D eigenvalue weighted by Gasteiger charge is -2.07. The monoisotopic (exact) mass is 298 g/mol. The number of benzene rings is 1. The molecular weight excluding hydrogens is 280 g/mol. The largest absolute Gasteiger partial charge is 0.478 e. The zero-order chi connectivity index (χ0) is 15.5. The molecular formula is C14H18O7. The molecule has 0 saturated heterocycles. The standard InChI is InChI=1S/C14H18O7/c15-4-5-19-6-7-20-8-9-21-14(18)12-3-1-2-11(10-12)13(16)17/h1-3,10,15H,4-9H2,(H,16,17). The van der Waals surface area contributed by atoms with Crippen molar-refractivity contribution in [1.82, 2.24) is 0 Å². The minimum atomic E-state index is -1.10. The molecule has 7 nitrogen and oxygen atoms in total. The van der Waals surface area contributed by atoms with Crippen molar-refractivity contribution in [3.05, 3.63) is 35.4 Å². The van der Waals surface area contributed by atoms with E-state index in [-0.39, 0.29) is 37.6 Å². The van der Waals surface area contributed by atoms with Crippen LogP contribution in [-0.2, 0) is 14.2 Å². The SMILES string of the molecule is O=C(O)c1cccc(C(=O)OCCOCCOCCO)c1. The van der Waals surface area contributed by atoms with Crippen LogP contribution in [0.5, 0.6) is 0 Å². The highest BCUT2D eigenvalue weighted by atomic mass is 16.6. The average molecular weight is 298 g/mol. The van der Waals surface area contributed by atoms with Gasteiger partial charge in [0.15, 0.2) is 0 Å². The fraction of sp³-hybridized carbons (Fsp3) is 0.429. The van der Waals surface area contributed by atoms with Crippen LogP contribution in [0.15, 0.2) is 24.3 Å². The van der Waals surface area contributed by atoms with Crippen LogP contribution in [0.3, 0.4) is 0 Å². The Morgan fingerprint density at radius 2 is 1.57 bits per heavy atom. The zero-order valence-electron chi connectivity index (χ0n) is 11.5. The van der Waals surface area contributed by atoms with E-state index in [1.54, 1.807) is 0 Å². The number of hydrogen-bond acceptors (Lipinski definition) is 6. The van der Waals surface area contributed by atoms with Gasteiger partial charge in [-0.1, -0.05) is 6.07 Å². The van der Waals surface area contributed by atoms with E-state index < -0.39 is 11.9 Å². The second-order valence-corrected chi connectivity index (χ2v) is 3.97. The summed E-state index contributed by atoms with van der Waals surface area (Å²) in [6.07, 6.45) is 0. The molecule has 21 heavy (non-hydrogen) atoms. The van der Waals surface area contributed by atoms with E-state index in [4.69, 9.17) is 24.4 Å². The second-order valence-electron chi connectivity index (χ2n) is 3.97. The number of aromatic carboxylic acids is 1. The molecule has 116 valence electrons. The highest BCUT2D eigenvalue weighted by Gasteiger charge is 2.10. The average Bonchev–Trinajstić information content (AvgIpc) is 2.49. The number of carboxylic acids is 1. The quantitative estimate of drug-likeness (QED) is 0.481. The first-order valence-electron chi connectivity index (χ1n) is 6.42. The molecule has 0 spiro atoms. The summed E-state index contributed by atoms with van der Waals surface area (Å²) in [5, 5.41) is 17.3. The van der Waals surface area contributed by atoms with Crippen molar-refractivity contribution >= 4 is 11.9 Å². The van der Waals surface area contributed by atoms with Gasteiger partial charge in [0, 0.05) is 0 Å². The van der Waals surface area contributed by atoms with E-state index in [1.165, 1.54) is 24.3 Å². The Labute approximate surface area is 122 Å². The fourth-order valence-corrected chi connectivity index (χ4v) is 1.44. The van der Waals surface area contributed by atoms with Gasteiger partial charge in [0.1, 0.15) is 6.61 Å². The molecule has 1 rings (SSSR count). The zero-order valence-corrected chi connectivity index (χ0v) is 11.5. The van der Waals surface area contributed by atoms with Crippen LogP contribution < -0.4 is 0 Å². The highest BCUT2D eigenvalue weighted by Crippen LogP contribution is 2.06. The molecule has 0 atom stereocenters. The fourth-order valence-electron chi connectivity index (χ4n) is 1.44. The Morgan fingerprint density at radius 3 is 2.24 bits per heavy atom. The van der Waals surface area contributed by atoms with E-state index in [0.29, 0.717) is 13.2 Å². The van der Waals surface area contributed by atoms with Gasteiger partial charge in [-0.25, -0.2) is 9.59 Å². The molecule has 0 aromatic heterocycles. The smallest absolute Gasteiger partial charge is 0.338 e. The molecule has 0 radical (unpaired) electrons. The molecule has 0 fully saturated rings. The van der Waals surface area contributed by atoms with Gasteiger partial charge in [-0.3, -0.25) is 0 Å². The topological polar surface area (TPSA) is 102 Å². The van der Waals surface area contributed by atoms with E-state index in [9.17, 15) is 9.59 Å². The van der Waals surface area contributed by atoms with Crippen molar-refractivity contribution in [3.8, 4) is 0 Å². The molecule has 0 heterocycles. The van der Waals surface area contributed by atoms with E-state index in [0.717, 1.165) is 0 Å². The van der Waals surface area contributed by atoms with Crippen LogP contribution >= 0.6 is 0 Å².